The third-order valence-electron chi connectivity index (χ3n) is 5.99. The first-order valence-corrected chi connectivity index (χ1v) is 11.4. The van der Waals surface area contributed by atoms with Gasteiger partial charge >= 0.3 is 0 Å². The van der Waals surface area contributed by atoms with Crippen LogP contribution in [0.1, 0.15) is 41.1 Å². The Morgan fingerprint density at radius 2 is 1.94 bits per heavy atom. The molecule has 1 aliphatic heterocycles. The van der Waals surface area contributed by atoms with E-state index < -0.39 is 17.2 Å². The summed E-state index contributed by atoms with van der Waals surface area (Å²) >= 11 is 7.47. The first-order valence-electron chi connectivity index (χ1n) is 10.2. The van der Waals surface area contributed by atoms with E-state index in [1.807, 2.05) is 26.0 Å². The summed E-state index contributed by atoms with van der Waals surface area (Å²) in [4.78, 5) is 28.2. The highest BCUT2D eigenvalue weighted by molar-refractivity contribution is 7.15. The first-order chi connectivity index (χ1) is 15.3. The van der Waals surface area contributed by atoms with Crippen LogP contribution < -0.4 is 0 Å². The Balaban J connectivity index is 1.56. The van der Waals surface area contributed by atoms with Gasteiger partial charge in [-0.2, -0.15) is 0 Å². The fraction of sp³-hybridized carbons (Fsp3) is 0.261. The van der Waals surface area contributed by atoms with E-state index in [1.165, 1.54) is 17.4 Å². The van der Waals surface area contributed by atoms with Gasteiger partial charge in [0.15, 0.2) is 11.6 Å². The van der Waals surface area contributed by atoms with E-state index in [9.17, 15) is 13.6 Å². The van der Waals surface area contributed by atoms with Crippen LogP contribution in [-0.2, 0) is 5.54 Å². The zero-order chi connectivity index (χ0) is 22.6. The number of aromatic amines is 1. The molecule has 1 saturated heterocycles. The summed E-state index contributed by atoms with van der Waals surface area (Å²) in [5.74, 6) is -1.73. The topological polar surface area (TPSA) is 61.9 Å². The molecular weight excluding hydrogens is 454 g/mol. The van der Waals surface area contributed by atoms with Crippen molar-refractivity contribution in [2.24, 2.45) is 0 Å². The van der Waals surface area contributed by atoms with Gasteiger partial charge in [0.2, 0.25) is 0 Å². The molecule has 9 heteroatoms. The molecule has 2 aromatic heterocycles. The van der Waals surface area contributed by atoms with Gasteiger partial charge in [0.25, 0.3) is 5.91 Å². The minimum absolute atomic E-state index is 0.0631. The third kappa shape index (κ3) is 3.29. The molecule has 5 rings (SSSR count). The number of aryl methyl sites for hydroxylation is 1. The van der Waals surface area contributed by atoms with Crippen LogP contribution in [0.15, 0.2) is 36.4 Å². The molecule has 1 aliphatic rings. The van der Waals surface area contributed by atoms with Crippen molar-refractivity contribution >= 4 is 39.9 Å². The van der Waals surface area contributed by atoms with Crippen LogP contribution in [0.25, 0.3) is 21.5 Å². The monoisotopic (exact) mass is 472 g/mol. The number of carbonyl (C=O) groups excluding carboxylic acids is 1. The maximum atomic E-state index is 14.3. The molecule has 0 saturated carbocycles. The van der Waals surface area contributed by atoms with Crippen molar-refractivity contribution in [2.45, 2.75) is 32.2 Å². The zero-order valence-electron chi connectivity index (χ0n) is 17.4. The maximum absolute atomic E-state index is 14.3. The van der Waals surface area contributed by atoms with Crippen LogP contribution in [0.5, 0.6) is 0 Å². The predicted octanol–water partition coefficient (Wildman–Crippen LogP) is 6.08. The number of rotatable bonds is 3. The van der Waals surface area contributed by atoms with E-state index >= 15 is 0 Å². The van der Waals surface area contributed by atoms with Crippen LogP contribution in [-0.4, -0.2) is 32.3 Å². The average Bonchev–Trinajstić information content (AvgIpc) is 3.48. The van der Waals surface area contributed by atoms with Crippen molar-refractivity contribution in [1.82, 2.24) is 19.9 Å². The lowest BCUT2D eigenvalue weighted by Crippen LogP contribution is -2.44. The number of halogens is 3. The first kappa shape index (κ1) is 21.0. The number of nitrogens with one attached hydrogen (secondary N) is 1. The maximum Gasteiger partial charge on any atom is 0.274 e. The zero-order valence-corrected chi connectivity index (χ0v) is 18.9. The van der Waals surface area contributed by atoms with Crippen molar-refractivity contribution in [1.29, 1.82) is 0 Å². The number of carbonyl (C=O) groups is 1. The molecule has 2 aromatic carbocycles. The Kier molecular flexibility index (Phi) is 5.02. The van der Waals surface area contributed by atoms with Gasteiger partial charge in [0.05, 0.1) is 20.9 Å². The lowest BCUT2D eigenvalue weighted by molar-refractivity contribution is 0.0601. The molecule has 4 aromatic rings. The average molecular weight is 473 g/mol. The molecular formula is C23H19ClF2N4OS. The number of aromatic nitrogens is 3. The molecule has 1 N–H and O–H groups in total. The number of fused-ring (bicyclic) bond motifs is 1. The Hall–Kier alpha value is -2.84. The standard InChI is InChI=1S/C23H19ClF2N4OS/c1-12-27-19(20(32-12)13-4-6-14(24)7-5-13)21(31)30-11-3-10-23(30,2)22-28-16-9-8-15(25)17(26)18(16)29-22/h4-9H,3,10-11H2,1-2H3,(H,28,29)/t23-/m0/s1. The number of benzene rings is 2. The van der Waals surface area contributed by atoms with Gasteiger partial charge in [-0.15, -0.1) is 11.3 Å². The van der Waals surface area contributed by atoms with Gasteiger partial charge in [-0.3, -0.25) is 4.79 Å². The van der Waals surface area contributed by atoms with Gasteiger partial charge < -0.3 is 9.88 Å². The molecule has 3 heterocycles. The minimum Gasteiger partial charge on any atom is -0.340 e. The van der Waals surface area contributed by atoms with Gasteiger partial charge in [-0.1, -0.05) is 23.7 Å². The van der Waals surface area contributed by atoms with E-state index in [0.29, 0.717) is 35.0 Å². The predicted molar refractivity (Wildman–Crippen MR) is 121 cm³/mol. The molecule has 1 atom stereocenters. The van der Waals surface area contributed by atoms with Crippen LogP contribution in [0.4, 0.5) is 8.78 Å². The fourth-order valence-electron chi connectivity index (χ4n) is 4.30. The van der Waals surface area contributed by atoms with E-state index in [0.717, 1.165) is 27.9 Å². The number of H-pyrrole nitrogens is 1. The molecule has 0 aliphatic carbocycles. The van der Waals surface area contributed by atoms with Gasteiger partial charge in [-0.25, -0.2) is 18.7 Å². The smallest absolute Gasteiger partial charge is 0.274 e. The summed E-state index contributed by atoms with van der Waals surface area (Å²) in [7, 11) is 0. The highest BCUT2D eigenvalue weighted by atomic mass is 35.5. The second kappa shape index (κ2) is 7.64. The Morgan fingerprint density at radius 3 is 2.69 bits per heavy atom. The number of hydrogen-bond acceptors (Lipinski definition) is 4. The number of amides is 1. The quantitative estimate of drug-likeness (QED) is 0.393. The Bertz CT molecular complexity index is 1350. The van der Waals surface area contributed by atoms with Crippen molar-refractivity contribution in [3.8, 4) is 10.4 Å². The Labute approximate surface area is 192 Å². The number of imidazole rings is 1. The summed E-state index contributed by atoms with van der Waals surface area (Å²) < 4.78 is 27.9. The van der Waals surface area contributed by atoms with Crippen LogP contribution in [0, 0.1) is 18.6 Å². The highest BCUT2D eigenvalue weighted by Gasteiger charge is 2.45. The summed E-state index contributed by atoms with van der Waals surface area (Å²) in [5, 5.41) is 1.39. The molecule has 1 amide bonds. The molecule has 5 nitrogen and oxygen atoms in total. The number of thiazole rings is 1. The second-order valence-corrected chi connectivity index (χ2v) is 9.73. The normalized spacial score (nSPS) is 18.6. The summed E-state index contributed by atoms with van der Waals surface area (Å²) in [6.45, 7) is 4.27. The SMILES string of the molecule is Cc1nc(C(=O)N2CCC[C@@]2(C)c2nc3c(F)c(F)ccc3[nH]2)c(-c2ccc(Cl)cc2)s1. The third-order valence-corrected chi connectivity index (χ3v) is 7.26. The van der Waals surface area contributed by atoms with E-state index in [4.69, 9.17) is 11.6 Å². The molecule has 0 radical (unpaired) electrons. The largest absolute Gasteiger partial charge is 0.340 e. The molecule has 32 heavy (non-hydrogen) atoms. The van der Waals surface area contributed by atoms with Crippen molar-refractivity contribution < 1.29 is 13.6 Å². The second-order valence-electron chi connectivity index (χ2n) is 8.09. The van der Waals surface area contributed by atoms with Crippen molar-refractivity contribution in [2.75, 3.05) is 6.54 Å². The van der Waals surface area contributed by atoms with E-state index in [2.05, 4.69) is 15.0 Å². The molecule has 1 fully saturated rings. The van der Waals surface area contributed by atoms with Gasteiger partial charge in [0, 0.05) is 11.6 Å². The van der Waals surface area contributed by atoms with Gasteiger partial charge in [-0.05, 0) is 56.5 Å². The lowest BCUT2D eigenvalue weighted by atomic mass is 9.97. The molecule has 0 unspecified atom stereocenters. The minimum atomic E-state index is -0.996. The summed E-state index contributed by atoms with van der Waals surface area (Å²) in [6.07, 6.45) is 1.40. The van der Waals surface area contributed by atoms with Crippen LogP contribution in [0.2, 0.25) is 5.02 Å². The van der Waals surface area contributed by atoms with E-state index in [-0.39, 0.29) is 11.4 Å². The Morgan fingerprint density at radius 1 is 1.19 bits per heavy atom. The molecule has 0 spiro atoms. The number of hydrogen-bond donors (Lipinski definition) is 1. The van der Waals surface area contributed by atoms with Crippen LogP contribution >= 0.6 is 22.9 Å². The number of nitrogens with zero attached hydrogens (tertiary/aromatic N) is 3. The summed E-state index contributed by atoms with van der Waals surface area (Å²) in [6, 6.07) is 9.81. The molecule has 164 valence electrons. The molecule has 0 bridgehead atoms. The lowest BCUT2D eigenvalue weighted by Gasteiger charge is -2.33. The summed E-state index contributed by atoms with van der Waals surface area (Å²) in [5.41, 5.74) is 0.771. The van der Waals surface area contributed by atoms with Crippen LogP contribution in [0.3, 0.4) is 0 Å². The van der Waals surface area contributed by atoms with Crippen molar-refractivity contribution in [3.63, 3.8) is 0 Å². The van der Waals surface area contributed by atoms with Crippen molar-refractivity contribution in [3.05, 3.63) is 69.6 Å². The fourth-order valence-corrected chi connectivity index (χ4v) is 5.35. The highest BCUT2D eigenvalue weighted by Crippen LogP contribution is 2.41. The number of likely N-dealkylation sites (tertiary alicyclic amines) is 1. The van der Waals surface area contributed by atoms with Gasteiger partial charge in [0.1, 0.15) is 17.0 Å². The van der Waals surface area contributed by atoms with E-state index in [1.54, 1.807) is 17.0 Å².